The zero-order valence-corrected chi connectivity index (χ0v) is 21.1. The minimum absolute atomic E-state index is 0.0612. The van der Waals surface area contributed by atoms with Crippen LogP contribution in [0.1, 0.15) is 24.4 Å². The highest BCUT2D eigenvalue weighted by Gasteiger charge is 2.29. The molecule has 186 valence electrons. The Bertz CT molecular complexity index is 1420. The number of imidazole rings is 1. The molecule has 0 aliphatic carbocycles. The number of halogens is 4. The molecule has 0 unspecified atom stereocenters. The van der Waals surface area contributed by atoms with Gasteiger partial charge in [-0.25, -0.2) is 13.8 Å². The van der Waals surface area contributed by atoms with Crippen LogP contribution in [0, 0.1) is 11.6 Å². The van der Waals surface area contributed by atoms with Crippen LogP contribution in [-0.4, -0.2) is 46.5 Å². The Morgan fingerprint density at radius 2 is 1.64 bits per heavy atom. The molecule has 5 nitrogen and oxygen atoms in total. The number of carbonyl (C=O) groups is 1. The number of carbonyl (C=O) groups excluding carboxylic acids is 1. The maximum Gasteiger partial charge on any atom is 0.245 e. The van der Waals surface area contributed by atoms with E-state index in [-0.39, 0.29) is 17.5 Å². The zero-order chi connectivity index (χ0) is 25.4. The fraction of sp³-hybridized carbons (Fsp3) is 0.259. The Morgan fingerprint density at radius 1 is 0.972 bits per heavy atom. The summed E-state index contributed by atoms with van der Waals surface area (Å²) in [6, 6.07) is 15.7. The van der Waals surface area contributed by atoms with Crippen molar-refractivity contribution in [2.24, 2.45) is 0 Å². The molecule has 0 spiro atoms. The quantitative estimate of drug-likeness (QED) is 0.313. The van der Waals surface area contributed by atoms with Crippen molar-refractivity contribution in [3.8, 4) is 0 Å². The number of rotatable bonds is 5. The van der Waals surface area contributed by atoms with Crippen LogP contribution in [0.5, 0.6) is 0 Å². The summed E-state index contributed by atoms with van der Waals surface area (Å²) in [5.41, 5.74) is 2.74. The lowest BCUT2D eigenvalue weighted by molar-refractivity contribution is -0.134. The van der Waals surface area contributed by atoms with Gasteiger partial charge in [0.25, 0.3) is 0 Å². The average molecular weight is 529 g/mol. The van der Waals surface area contributed by atoms with Gasteiger partial charge in [0.1, 0.15) is 23.5 Å². The Morgan fingerprint density at radius 3 is 2.33 bits per heavy atom. The van der Waals surface area contributed by atoms with Crippen molar-refractivity contribution in [1.82, 2.24) is 14.5 Å². The van der Waals surface area contributed by atoms with Crippen molar-refractivity contribution in [2.45, 2.75) is 19.4 Å². The van der Waals surface area contributed by atoms with Crippen LogP contribution in [0.4, 0.5) is 14.5 Å². The second-order valence-electron chi connectivity index (χ2n) is 8.90. The number of hydrogen-bond donors (Lipinski definition) is 0. The molecule has 1 atom stereocenters. The molecule has 9 heteroatoms. The van der Waals surface area contributed by atoms with E-state index in [1.54, 1.807) is 41.3 Å². The van der Waals surface area contributed by atoms with E-state index in [9.17, 15) is 13.6 Å². The standard InChI is InChI=1S/C27H24Cl2F2N4O/c1-17(27(36)34-12-10-33(11-13-34)24-5-3-2-4-22(24)31)35-25-16-21(29)20(28)15-23(25)32-26(35)14-18-6-8-19(30)9-7-18/h2-9,15-17H,10-14H2,1H3/t17-/m0/s1. The monoisotopic (exact) mass is 528 g/mol. The first-order valence-corrected chi connectivity index (χ1v) is 12.5. The third kappa shape index (κ3) is 4.77. The Hall–Kier alpha value is -3.16. The summed E-state index contributed by atoms with van der Waals surface area (Å²) in [5.74, 6) is 0.00934. The van der Waals surface area contributed by atoms with E-state index >= 15 is 0 Å². The van der Waals surface area contributed by atoms with Crippen LogP contribution in [0.3, 0.4) is 0 Å². The van der Waals surface area contributed by atoms with Gasteiger partial charge < -0.3 is 14.4 Å². The van der Waals surface area contributed by atoms with E-state index in [1.807, 2.05) is 22.5 Å². The molecule has 0 bridgehead atoms. The molecular weight excluding hydrogens is 505 g/mol. The molecule has 36 heavy (non-hydrogen) atoms. The van der Waals surface area contributed by atoms with Crippen LogP contribution in [-0.2, 0) is 11.2 Å². The molecule has 4 aromatic rings. The third-order valence-corrected chi connectivity index (χ3v) is 7.33. The maximum absolute atomic E-state index is 14.2. The zero-order valence-electron chi connectivity index (χ0n) is 19.6. The first kappa shape index (κ1) is 24.5. The Kier molecular flexibility index (Phi) is 6.86. The topological polar surface area (TPSA) is 41.4 Å². The number of nitrogens with zero attached hydrogens (tertiary/aromatic N) is 4. The summed E-state index contributed by atoms with van der Waals surface area (Å²) in [6.45, 7) is 3.86. The number of hydrogen-bond acceptors (Lipinski definition) is 3. The summed E-state index contributed by atoms with van der Waals surface area (Å²) < 4.78 is 29.5. The smallest absolute Gasteiger partial charge is 0.245 e. The molecular formula is C27H24Cl2F2N4O. The molecule has 2 heterocycles. The van der Waals surface area contributed by atoms with Gasteiger partial charge in [-0.05, 0) is 48.9 Å². The molecule has 0 saturated carbocycles. The Labute approximate surface area is 217 Å². The van der Waals surface area contributed by atoms with Crippen molar-refractivity contribution in [3.05, 3.63) is 93.7 Å². The first-order chi connectivity index (χ1) is 17.3. The molecule has 1 aliphatic heterocycles. The number of aromatic nitrogens is 2. The van der Waals surface area contributed by atoms with Gasteiger partial charge in [-0.1, -0.05) is 47.5 Å². The van der Waals surface area contributed by atoms with Gasteiger partial charge >= 0.3 is 0 Å². The lowest BCUT2D eigenvalue weighted by Crippen LogP contribution is -2.50. The van der Waals surface area contributed by atoms with Gasteiger partial charge in [0.15, 0.2) is 0 Å². The van der Waals surface area contributed by atoms with Crippen LogP contribution >= 0.6 is 23.2 Å². The third-order valence-electron chi connectivity index (χ3n) is 6.61. The molecule has 1 saturated heterocycles. The lowest BCUT2D eigenvalue weighted by Gasteiger charge is -2.37. The highest BCUT2D eigenvalue weighted by Crippen LogP contribution is 2.32. The average Bonchev–Trinajstić information content (AvgIpc) is 3.21. The van der Waals surface area contributed by atoms with Crippen LogP contribution in [0.2, 0.25) is 10.0 Å². The van der Waals surface area contributed by atoms with Crippen LogP contribution < -0.4 is 4.90 Å². The second kappa shape index (κ2) is 10.1. The number of anilines is 1. The number of fused-ring (bicyclic) bond motifs is 1. The summed E-state index contributed by atoms with van der Waals surface area (Å²) in [5, 5.41) is 0.752. The predicted octanol–water partition coefficient (Wildman–Crippen LogP) is 6.12. The van der Waals surface area contributed by atoms with Gasteiger partial charge in [0.05, 0.1) is 26.8 Å². The van der Waals surface area contributed by atoms with E-state index in [2.05, 4.69) is 0 Å². The molecule has 5 rings (SSSR count). The molecule has 1 fully saturated rings. The predicted molar refractivity (Wildman–Crippen MR) is 139 cm³/mol. The van der Waals surface area contributed by atoms with E-state index in [4.69, 9.17) is 28.2 Å². The summed E-state index contributed by atoms with van der Waals surface area (Å²) in [6.07, 6.45) is 0.406. The first-order valence-electron chi connectivity index (χ1n) is 11.7. The highest BCUT2D eigenvalue weighted by atomic mass is 35.5. The lowest BCUT2D eigenvalue weighted by atomic mass is 10.1. The maximum atomic E-state index is 14.2. The van der Waals surface area contributed by atoms with Gasteiger partial charge in [-0.2, -0.15) is 0 Å². The van der Waals surface area contributed by atoms with Gasteiger partial charge in [0, 0.05) is 32.6 Å². The van der Waals surface area contributed by atoms with Crippen molar-refractivity contribution in [3.63, 3.8) is 0 Å². The normalized spacial score (nSPS) is 14.9. The molecule has 1 aromatic heterocycles. The molecule has 1 aliphatic rings. The summed E-state index contributed by atoms with van der Waals surface area (Å²) in [4.78, 5) is 22.1. The van der Waals surface area contributed by atoms with E-state index in [0.717, 1.165) is 5.56 Å². The fourth-order valence-electron chi connectivity index (χ4n) is 4.73. The van der Waals surface area contributed by atoms with E-state index < -0.39 is 6.04 Å². The number of para-hydroxylation sites is 1. The van der Waals surface area contributed by atoms with Crippen molar-refractivity contribution in [1.29, 1.82) is 0 Å². The Balaban J connectivity index is 1.42. The van der Waals surface area contributed by atoms with E-state index in [0.29, 0.717) is 65.2 Å². The molecule has 1 amide bonds. The molecule has 0 N–H and O–H groups in total. The number of piperazine rings is 1. The second-order valence-corrected chi connectivity index (χ2v) is 9.71. The number of benzene rings is 3. The van der Waals surface area contributed by atoms with Crippen molar-refractivity contribution in [2.75, 3.05) is 31.1 Å². The van der Waals surface area contributed by atoms with Crippen LogP contribution in [0.25, 0.3) is 11.0 Å². The number of amides is 1. The van der Waals surface area contributed by atoms with E-state index in [1.165, 1.54) is 18.2 Å². The largest absolute Gasteiger partial charge is 0.366 e. The minimum Gasteiger partial charge on any atom is -0.366 e. The highest BCUT2D eigenvalue weighted by molar-refractivity contribution is 6.42. The molecule has 0 radical (unpaired) electrons. The van der Waals surface area contributed by atoms with Crippen molar-refractivity contribution >= 4 is 45.8 Å². The molecule has 3 aromatic carbocycles. The SMILES string of the molecule is C[C@@H](C(=O)N1CCN(c2ccccc2F)CC1)n1c(Cc2ccc(F)cc2)nc2cc(Cl)c(Cl)cc21. The minimum atomic E-state index is -0.567. The van der Waals surface area contributed by atoms with Gasteiger partial charge in [0.2, 0.25) is 5.91 Å². The summed E-state index contributed by atoms with van der Waals surface area (Å²) >= 11 is 12.6. The summed E-state index contributed by atoms with van der Waals surface area (Å²) in [7, 11) is 0. The van der Waals surface area contributed by atoms with Crippen LogP contribution in [0.15, 0.2) is 60.7 Å². The fourth-order valence-corrected chi connectivity index (χ4v) is 5.05. The van der Waals surface area contributed by atoms with Gasteiger partial charge in [-0.15, -0.1) is 0 Å². The van der Waals surface area contributed by atoms with Gasteiger partial charge in [-0.3, -0.25) is 4.79 Å². The van der Waals surface area contributed by atoms with Crippen molar-refractivity contribution < 1.29 is 13.6 Å².